The van der Waals surface area contributed by atoms with Crippen LogP contribution in [-0.4, -0.2) is 43.5 Å². The number of piperidine rings is 1. The number of nitrogens with zero attached hydrogens (tertiary/aromatic N) is 5. The Labute approximate surface area is 182 Å². The van der Waals surface area contributed by atoms with Crippen LogP contribution in [0.3, 0.4) is 0 Å². The molecule has 3 heterocycles. The molecule has 1 saturated heterocycles. The number of fused-ring (bicyclic) bond motifs is 1. The van der Waals surface area contributed by atoms with E-state index in [1.54, 1.807) is 4.57 Å². The van der Waals surface area contributed by atoms with Gasteiger partial charge in [0.15, 0.2) is 11.2 Å². The molecule has 31 heavy (non-hydrogen) atoms. The van der Waals surface area contributed by atoms with Crippen molar-refractivity contribution in [2.24, 2.45) is 12.8 Å². The summed E-state index contributed by atoms with van der Waals surface area (Å²) in [6.45, 7) is 8.39. The molecular weight excluding hydrogens is 394 g/mol. The van der Waals surface area contributed by atoms with Crippen LogP contribution in [0.2, 0.25) is 0 Å². The van der Waals surface area contributed by atoms with Crippen LogP contribution in [0.4, 0.5) is 5.95 Å². The fraction of sp³-hybridized carbons (Fsp3) is 0.636. The molecule has 0 radical (unpaired) electrons. The van der Waals surface area contributed by atoms with Crippen LogP contribution in [0.5, 0.6) is 0 Å². The summed E-state index contributed by atoms with van der Waals surface area (Å²) in [5, 5.41) is 8.12. The fourth-order valence-electron chi connectivity index (χ4n) is 4.10. The van der Waals surface area contributed by atoms with Gasteiger partial charge in [-0.3, -0.25) is 13.9 Å². The molecule has 170 valence electrons. The van der Waals surface area contributed by atoms with E-state index in [4.69, 9.17) is 16.1 Å². The molecule has 3 N–H and O–H groups in total. The molecule has 0 spiro atoms. The van der Waals surface area contributed by atoms with E-state index in [1.807, 2.05) is 25.3 Å². The Morgan fingerprint density at radius 3 is 2.65 bits per heavy atom. The Morgan fingerprint density at radius 1 is 1.26 bits per heavy atom. The van der Waals surface area contributed by atoms with Crippen molar-refractivity contribution in [2.45, 2.75) is 72.0 Å². The van der Waals surface area contributed by atoms with Crippen LogP contribution in [0, 0.1) is 5.41 Å². The van der Waals surface area contributed by atoms with Crippen LogP contribution in [0.15, 0.2) is 21.2 Å². The van der Waals surface area contributed by atoms with Gasteiger partial charge in [-0.25, -0.2) is 4.79 Å². The molecule has 1 fully saturated rings. The van der Waals surface area contributed by atoms with Gasteiger partial charge < -0.3 is 20.6 Å². The highest BCUT2D eigenvalue weighted by molar-refractivity contribution is 5.81. The van der Waals surface area contributed by atoms with E-state index in [9.17, 15) is 9.59 Å². The molecule has 0 aliphatic carbocycles. The predicted octanol–water partition coefficient (Wildman–Crippen LogP) is 2.00. The number of anilines is 1. The van der Waals surface area contributed by atoms with E-state index in [0.29, 0.717) is 55.3 Å². The van der Waals surface area contributed by atoms with Crippen molar-refractivity contribution >= 4 is 22.8 Å². The predicted molar refractivity (Wildman–Crippen MR) is 125 cm³/mol. The molecule has 2 aromatic heterocycles. The summed E-state index contributed by atoms with van der Waals surface area (Å²) in [5.74, 6) is 0.683. The lowest BCUT2D eigenvalue weighted by molar-refractivity contribution is 0.495. The Bertz CT molecular complexity index is 1100. The van der Waals surface area contributed by atoms with Gasteiger partial charge in [-0.05, 0) is 33.1 Å². The number of aryl methyl sites for hydroxylation is 1. The molecule has 0 aromatic carbocycles. The lowest BCUT2D eigenvalue weighted by atomic mass is 10.1. The topological polar surface area (TPSA) is 115 Å². The van der Waals surface area contributed by atoms with Gasteiger partial charge in [-0.2, -0.15) is 4.98 Å². The minimum Gasteiger partial charge on any atom is -0.341 e. The fourth-order valence-corrected chi connectivity index (χ4v) is 4.10. The number of allylic oxidation sites excluding steroid dienone is 2. The van der Waals surface area contributed by atoms with Gasteiger partial charge in [-0.15, -0.1) is 0 Å². The van der Waals surface area contributed by atoms with E-state index in [0.717, 1.165) is 35.9 Å². The van der Waals surface area contributed by atoms with Crippen molar-refractivity contribution in [2.75, 3.05) is 18.0 Å². The molecule has 1 unspecified atom stereocenters. The maximum atomic E-state index is 13.2. The SMILES string of the molecule is CCCC(=N)CCn1c(=O)n(C)c(=O)c2c1nc(N1CCCC(N)C1)n2CC=C(C)C. The van der Waals surface area contributed by atoms with Gasteiger partial charge in [-0.1, -0.05) is 25.0 Å². The first-order chi connectivity index (χ1) is 14.7. The normalized spacial score (nSPS) is 16.7. The summed E-state index contributed by atoms with van der Waals surface area (Å²) in [7, 11) is 1.51. The summed E-state index contributed by atoms with van der Waals surface area (Å²) in [6.07, 6.45) is 6.05. The van der Waals surface area contributed by atoms with Crippen molar-refractivity contribution in [3.8, 4) is 0 Å². The number of imidazole rings is 1. The first-order valence-electron chi connectivity index (χ1n) is 11.1. The van der Waals surface area contributed by atoms with Crippen LogP contribution in [-0.2, 0) is 20.1 Å². The second kappa shape index (κ2) is 9.64. The molecule has 0 bridgehead atoms. The zero-order chi connectivity index (χ0) is 22.7. The largest absolute Gasteiger partial charge is 0.341 e. The zero-order valence-electron chi connectivity index (χ0n) is 19.1. The van der Waals surface area contributed by atoms with Gasteiger partial charge >= 0.3 is 5.69 Å². The molecule has 2 aromatic rings. The number of rotatable bonds is 8. The van der Waals surface area contributed by atoms with Gasteiger partial charge in [0.1, 0.15) is 0 Å². The minimum absolute atomic E-state index is 0.0602. The van der Waals surface area contributed by atoms with Gasteiger partial charge in [0.2, 0.25) is 5.95 Å². The van der Waals surface area contributed by atoms with Crippen molar-refractivity contribution in [3.05, 3.63) is 32.5 Å². The van der Waals surface area contributed by atoms with Crippen molar-refractivity contribution in [1.29, 1.82) is 5.41 Å². The Morgan fingerprint density at radius 2 is 2.00 bits per heavy atom. The molecule has 9 nitrogen and oxygen atoms in total. The summed E-state index contributed by atoms with van der Waals surface area (Å²) in [5.41, 5.74) is 8.04. The lowest BCUT2D eigenvalue weighted by Gasteiger charge is -2.31. The van der Waals surface area contributed by atoms with Gasteiger partial charge in [0, 0.05) is 51.4 Å². The summed E-state index contributed by atoms with van der Waals surface area (Å²) < 4.78 is 4.61. The second-order valence-corrected chi connectivity index (χ2v) is 8.73. The molecule has 1 atom stereocenters. The highest BCUT2D eigenvalue weighted by Gasteiger charge is 2.26. The van der Waals surface area contributed by atoms with E-state index in [1.165, 1.54) is 7.05 Å². The Hall–Kier alpha value is -2.68. The highest BCUT2D eigenvalue weighted by Crippen LogP contribution is 2.23. The monoisotopic (exact) mass is 429 g/mol. The molecule has 0 saturated carbocycles. The van der Waals surface area contributed by atoms with E-state index < -0.39 is 5.69 Å². The van der Waals surface area contributed by atoms with Crippen molar-refractivity contribution in [1.82, 2.24) is 18.7 Å². The third-order valence-electron chi connectivity index (χ3n) is 5.82. The molecule has 1 aliphatic heterocycles. The third kappa shape index (κ3) is 4.81. The number of aromatic nitrogens is 4. The molecule has 9 heteroatoms. The summed E-state index contributed by atoms with van der Waals surface area (Å²) in [6, 6.07) is 0.0602. The molecular formula is C22H35N7O2. The maximum absolute atomic E-state index is 13.2. The highest BCUT2D eigenvalue weighted by atomic mass is 16.2. The number of hydrogen-bond acceptors (Lipinski definition) is 6. The van der Waals surface area contributed by atoms with Crippen molar-refractivity contribution in [3.63, 3.8) is 0 Å². The van der Waals surface area contributed by atoms with Crippen LogP contribution >= 0.6 is 0 Å². The van der Waals surface area contributed by atoms with Crippen LogP contribution < -0.4 is 21.9 Å². The van der Waals surface area contributed by atoms with Gasteiger partial charge in [0.25, 0.3) is 5.56 Å². The van der Waals surface area contributed by atoms with Crippen molar-refractivity contribution < 1.29 is 0 Å². The molecule has 1 aliphatic rings. The smallest absolute Gasteiger partial charge is 0.332 e. The van der Waals surface area contributed by atoms with Crippen LogP contribution in [0.25, 0.3) is 11.2 Å². The molecule has 0 amide bonds. The maximum Gasteiger partial charge on any atom is 0.332 e. The Balaban J connectivity index is 2.20. The first kappa shape index (κ1) is 23.0. The number of nitrogens with one attached hydrogen (secondary N) is 1. The zero-order valence-corrected chi connectivity index (χ0v) is 19.1. The van der Waals surface area contributed by atoms with Crippen LogP contribution in [0.1, 0.15) is 52.9 Å². The quantitative estimate of drug-likeness (QED) is 0.492. The van der Waals surface area contributed by atoms with E-state index in [-0.39, 0.29) is 11.6 Å². The third-order valence-corrected chi connectivity index (χ3v) is 5.82. The average molecular weight is 430 g/mol. The van der Waals surface area contributed by atoms with Gasteiger partial charge in [0.05, 0.1) is 0 Å². The summed E-state index contributed by atoms with van der Waals surface area (Å²) >= 11 is 0. The van der Waals surface area contributed by atoms with E-state index in [2.05, 4.69) is 11.0 Å². The average Bonchev–Trinajstić information content (AvgIpc) is 3.10. The minimum atomic E-state index is -0.393. The number of hydrogen-bond donors (Lipinski definition) is 2. The standard InChI is InChI=1S/C22H35N7O2/c1-5-7-16(23)10-13-29-19-18(20(30)26(4)22(29)31)28(12-9-15(2)3)21(25-19)27-11-6-8-17(24)14-27/h9,17,23H,5-8,10-14,24H2,1-4H3. The summed E-state index contributed by atoms with van der Waals surface area (Å²) in [4.78, 5) is 33.0. The Kier molecular flexibility index (Phi) is 7.15. The lowest BCUT2D eigenvalue weighted by Crippen LogP contribution is -2.44. The second-order valence-electron chi connectivity index (χ2n) is 8.73. The first-order valence-corrected chi connectivity index (χ1v) is 11.1. The molecule has 3 rings (SSSR count). The van der Waals surface area contributed by atoms with E-state index >= 15 is 0 Å². The number of nitrogens with two attached hydrogens (primary N) is 1.